The number of rotatable bonds is 34. The highest BCUT2D eigenvalue weighted by Crippen LogP contribution is 2.40. The van der Waals surface area contributed by atoms with Crippen molar-refractivity contribution in [2.45, 2.75) is 336 Å². The summed E-state index contributed by atoms with van der Waals surface area (Å²) in [6.45, 7) is 0.514. The van der Waals surface area contributed by atoms with Crippen LogP contribution in [0.1, 0.15) is 41.5 Å². The topological polar surface area (TPSA) is 873 Å². The summed E-state index contributed by atoms with van der Waals surface area (Å²) in [4.78, 5) is 105. The molecule has 0 aromatic carbocycles. The van der Waals surface area contributed by atoms with Gasteiger partial charge >= 0.3 is 5.97 Å². The van der Waals surface area contributed by atoms with Crippen molar-refractivity contribution in [1.29, 1.82) is 0 Å². The van der Waals surface area contributed by atoms with Crippen molar-refractivity contribution in [1.82, 2.24) is 43.0 Å². The van der Waals surface area contributed by atoms with E-state index in [0.29, 0.717) is 0 Å². The van der Waals surface area contributed by atoms with E-state index in [2.05, 4.69) is 43.0 Å². The summed E-state index contributed by atoms with van der Waals surface area (Å²) < 4.78 is 110. The van der Waals surface area contributed by atoms with E-state index >= 15 is 0 Å². The monoisotopic (exact) mass is 1890 g/mol. The quantitative estimate of drug-likeness (QED) is 0.0210. The molecular formula is C72H118N8O50. The van der Waals surface area contributed by atoms with E-state index in [0.717, 1.165) is 41.9 Å². The largest absolute Gasteiger partial charge is 0.479 e. The first-order valence-corrected chi connectivity index (χ1v) is 41.1. The highest BCUT2D eigenvalue weighted by atomic mass is 16.8. The average molecular weight is 1900 g/mol. The number of ether oxygens (including phenoxy) is 19. The molecule has 10 aliphatic heterocycles. The zero-order valence-electron chi connectivity index (χ0n) is 70.5. The zero-order valence-corrected chi connectivity index (χ0v) is 70.5. The van der Waals surface area contributed by atoms with Crippen molar-refractivity contribution < 1.29 is 246 Å². The zero-order chi connectivity index (χ0) is 96.0. The van der Waals surface area contributed by atoms with Crippen LogP contribution in [0, 0.1) is 11.8 Å². The number of carbonyl (C=O) groups excluding carboxylic acids is 7. The Morgan fingerprint density at radius 2 is 0.554 bits per heavy atom. The minimum absolute atomic E-state index is 0.275. The Balaban J connectivity index is 0.874. The Hall–Kier alpha value is -5.76. The molecule has 31 N–H and O–H groups in total. The van der Waals surface area contributed by atoms with Crippen LogP contribution in [-0.4, -0.2) is 513 Å². The summed E-state index contributed by atoms with van der Waals surface area (Å²) in [5, 5.41) is 268. The number of carbonyl (C=O) groups is 8. The third-order valence-electron chi connectivity index (χ3n) is 23.6. The molecule has 10 aliphatic rings. The maximum absolute atomic E-state index is 14.9. The van der Waals surface area contributed by atoms with Crippen LogP contribution in [0.25, 0.3) is 0 Å². The Morgan fingerprint density at radius 1 is 0.292 bits per heavy atom. The third-order valence-corrected chi connectivity index (χ3v) is 23.6. The Labute approximate surface area is 736 Å². The number of aliphatic hydroxyl groups is 22. The van der Waals surface area contributed by atoms with Crippen molar-refractivity contribution in [3.05, 3.63) is 0 Å². The van der Waals surface area contributed by atoms with Gasteiger partial charge in [0.2, 0.25) is 23.6 Å². The molecule has 0 aromatic rings. The Bertz CT molecular complexity index is 3690. The van der Waals surface area contributed by atoms with Gasteiger partial charge in [-0.15, -0.1) is 0 Å². The lowest BCUT2D eigenvalue weighted by molar-refractivity contribution is -0.372. The fourth-order valence-electron chi connectivity index (χ4n) is 16.5. The first kappa shape index (κ1) is 106. The van der Waals surface area contributed by atoms with Crippen LogP contribution in [-0.2, 0) is 128 Å². The molecule has 10 heterocycles. The van der Waals surface area contributed by atoms with Crippen molar-refractivity contribution >= 4 is 47.7 Å². The van der Waals surface area contributed by atoms with Gasteiger partial charge in [0.05, 0.1) is 38.6 Å². The predicted molar refractivity (Wildman–Crippen MR) is 402 cm³/mol. The minimum Gasteiger partial charge on any atom is -0.479 e. The van der Waals surface area contributed by atoms with Crippen molar-refractivity contribution in [2.75, 3.05) is 53.7 Å². The van der Waals surface area contributed by atoms with Crippen LogP contribution in [0.15, 0.2) is 0 Å². The lowest BCUT2D eigenvalue weighted by Crippen LogP contribution is -2.71. The third kappa shape index (κ3) is 23.5. The lowest BCUT2D eigenvalue weighted by atomic mass is 9.90. The van der Waals surface area contributed by atoms with Crippen LogP contribution in [0.3, 0.4) is 0 Å². The molecule has 58 heteroatoms. The standard InChI is InChI=1S/C72H118N8O50/c1-16-24(11-81)116-67(45(102)33(16)90)122-54-31(77-20(5)88)65(119-27(14-84)39(54)96)126-56-43(100)49(106)71(123-52-29(75-18(3)86)63(112-7)117-25(12-82)37(52)94)128-58(56)60(108)79-73-9-22-35(92)41(98)47(104)68(114-22)130-69-48(105)42(99)36(93)23(115-69)10-74-80-61(109)59-57(44(101)50(107)72(129-59)124-53-30(76-19(4)87)64(113-8)118-26(13-83)38(53)95)127-66-32(78-21(6)89)55(40(97)28(15-85)120-66)125-70-46(103)34(91)17(2)51(121-70)62(110)111/h11,16-17,22-59,63-74,82-85,90-107H,9-10,12-15H2,1-8H3,(H,75,86)(H,76,87)(H,77,88)(H,78,89)(H,79,108)(H,80,109)(H,110,111)/t16-,17+,22?,23?,24?,25?,26?,27?,28?,29?,30?,31?,32?,33+,34+,35-,36-,37-,38-,39-,40-,41+,42+,43-,44-,45?,46?,47?,48?,49?,50?,51?,52-,53-,54-,55-,56+,57+,58?,59?,63-,64-,65+,66+,67+,68-,69-,70+,71-,72-/m1/s1. The number of hydrogen-bond donors (Lipinski definition) is 31. The number of hydrogen-bond acceptors (Lipinski definition) is 51. The van der Waals surface area contributed by atoms with E-state index in [4.69, 9.17) is 90.0 Å². The molecule has 0 aromatic heterocycles. The summed E-state index contributed by atoms with van der Waals surface area (Å²) in [5.74, 6) is -10.5. The number of methoxy groups -OCH3 is 2. The average Bonchev–Trinajstić information content (AvgIpc) is 0.759. The van der Waals surface area contributed by atoms with Gasteiger partial charge in [-0.1, -0.05) is 13.8 Å². The van der Waals surface area contributed by atoms with Gasteiger partial charge in [0.15, 0.2) is 81.2 Å². The van der Waals surface area contributed by atoms with Crippen molar-refractivity contribution in [2.24, 2.45) is 11.8 Å². The summed E-state index contributed by atoms with van der Waals surface area (Å²) >= 11 is 0. The van der Waals surface area contributed by atoms with Crippen LogP contribution >= 0.6 is 0 Å². The van der Waals surface area contributed by atoms with Crippen molar-refractivity contribution in [3.8, 4) is 0 Å². The number of carboxylic acids is 1. The first-order valence-electron chi connectivity index (χ1n) is 41.1. The maximum atomic E-state index is 14.9. The maximum Gasteiger partial charge on any atom is 0.333 e. The van der Waals surface area contributed by atoms with Gasteiger partial charge < -0.3 is 234 Å². The number of hydrazine groups is 2. The van der Waals surface area contributed by atoms with E-state index in [1.54, 1.807) is 0 Å². The summed E-state index contributed by atoms with van der Waals surface area (Å²) in [6, 6.07) is -6.98. The number of aliphatic carboxylic acids is 1. The molecule has 0 bridgehead atoms. The smallest absolute Gasteiger partial charge is 0.333 e. The van der Waals surface area contributed by atoms with Gasteiger partial charge in [0.1, 0.15) is 207 Å². The number of amides is 6. The molecule has 0 spiro atoms. The molecule has 0 aliphatic carbocycles. The highest BCUT2D eigenvalue weighted by Gasteiger charge is 2.62. The normalized spacial score (nSPS) is 47.2. The SMILES string of the molecule is CO[C@@H]1OC(CO)[C@@H](O)[C@H](O[C@@H]2OC(C(=O)NNCC3O[C@H](O[C@H]4OC(CNNC(=O)C5O[C@@H](O[C@@H]6C(NC(C)=O)[C@H](OC)OC(CO)[C@H]6O)C(O)[C@@H](O)[C@@H]5O[C@@H]5OC(CO)[C@@H](O)[C@H](O[C@@H]6OC(C(=O)O)[C@@H](C)[C@H](O)C6O)C5NC(C)=O)[C@@H](O)[C@H](O)C4O)C(O)[C@@H](O)[C@@H]3O)[C@@H](O[C@@H]3OC(CO)[C@@H](O)[C@H](O[C@@H]4OC(C=O)[C@@H](C)[C@H](O)C4O)C3NC(C)=O)[C@H](O)C2O)C1NC(C)=O. The molecule has 20 unspecified atom stereocenters. The van der Waals surface area contributed by atoms with Crippen LogP contribution in [0.2, 0.25) is 0 Å². The van der Waals surface area contributed by atoms with Crippen molar-refractivity contribution in [3.63, 3.8) is 0 Å². The lowest BCUT2D eigenvalue weighted by Gasteiger charge is -2.50. The summed E-state index contributed by atoms with van der Waals surface area (Å²) in [6.07, 6.45) is -91.4. The second-order valence-corrected chi connectivity index (χ2v) is 32.6. The van der Waals surface area contributed by atoms with E-state index in [-0.39, 0.29) is 6.29 Å². The molecule has 746 valence electrons. The van der Waals surface area contributed by atoms with Crippen LogP contribution in [0.5, 0.6) is 0 Å². The molecule has 10 rings (SSSR count). The highest BCUT2D eigenvalue weighted by molar-refractivity contribution is 5.82. The van der Waals surface area contributed by atoms with Gasteiger partial charge in [-0.25, -0.2) is 15.6 Å². The van der Waals surface area contributed by atoms with Gasteiger partial charge in [-0.3, -0.25) is 39.6 Å². The molecule has 58 nitrogen and oxygen atoms in total. The molecule has 10 fully saturated rings. The Morgan fingerprint density at radius 3 is 0.854 bits per heavy atom. The summed E-state index contributed by atoms with van der Waals surface area (Å²) in [5.41, 5.74) is 8.94. The van der Waals surface area contributed by atoms with Gasteiger partial charge in [-0.05, 0) is 0 Å². The molecule has 130 heavy (non-hydrogen) atoms. The Kier molecular flexibility index (Phi) is 37.9. The minimum atomic E-state index is -2.53. The van der Waals surface area contributed by atoms with E-state index in [1.165, 1.54) is 13.8 Å². The van der Waals surface area contributed by atoms with Gasteiger partial charge in [0, 0.05) is 66.8 Å². The second kappa shape index (κ2) is 46.4. The second-order valence-electron chi connectivity index (χ2n) is 32.6. The molecule has 6 amide bonds. The van der Waals surface area contributed by atoms with Crippen LogP contribution < -0.4 is 43.0 Å². The van der Waals surface area contributed by atoms with E-state index in [9.17, 15) is 156 Å². The van der Waals surface area contributed by atoms with Gasteiger partial charge in [0.25, 0.3) is 11.8 Å². The molecule has 0 saturated carbocycles. The summed E-state index contributed by atoms with van der Waals surface area (Å²) in [7, 11) is 2.19. The number of carboxylic acid groups (broad SMARTS) is 1. The number of nitrogens with one attached hydrogen (secondary N) is 8. The predicted octanol–water partition coefficient (Wildman–Crippen LogP) is -20.9. The molecule has 50 atom stereocenters. The molecule has 10 saturated heterocycles. The fourth-order valence-corrected chi connectivity index (χ4v) is 16.5. The molecular weight excluding hydrogens is 1780 g/mol. The van der Waals surface area contributed by atoms with Crippen LogP contribution in [0.4, 0.5) is 0 Å². The molecule has 0 radical (unpaired) electrons. The first-order chi connectivity index (χ1) is 61.4. The van der Waals surface area contributed by atoms with E-state index in [1.807, 2.05) is 0 Å². The number of aliphatic hydroxyl groups excluding tert-OH is 22. The fraction of sp³-hybridized carbons (Fsp3) is 0.889. The number of aldehydes is 1. The van der Waals surface area contributed by atoms with E-state index < -0.39 is 387 Å². The van der Waals surface area contributed by atoms with Gasteiger partial charge in [-0.2, -0.15) is 0 Å².